The van der Waals surface area contributed by atoms with Gasteiger partial charge in [-0.05, 0) is 32.9 Å². The maximum Gasteiger partial charge on any atom is 0.236 e. The van der Waals surface area contributed by atoms with E-state index in [4.69, 9.17) is 0 Å². The van der Waals surface area contributed by atoms with Gasteiger partial charge in [-0.2, -0.15) is 0 Å². The predicted molar refractivity (Wildman–Crippen MR) is 64.0 cm³/mol. The van der Waals surface area contributed by atoms with Gasteiger partial charge in [-0.25, -0.2) is 0 Å². The highest BCUT2D eigenvalue weighted by Crippen LogP contribution is 1.98. The Bertz CT molecular complexity index is 352. The summed E-state index contributed by atoms with van der Waals surface area (Å²) >= 11 is 0. The highest BCUT2D eigenvalue weighted by Gasteiger charge is 2.10. The number of nitrogens with one attached hydrogen (secondary N) is 2. The van der Waals surface area contributed by atoms with Crippen molar-refractivity contribution in [2.24, 2.45) is 0 Å². The fraction of sp³-hybridized carbons (Fsp3) is 0.500. The highest BCUT2D eigenvalue weighted by molar-refractivity contribution is 5.81. The van der Waals surface area contributed by atoms with Gasteiger partial charge in [-0.3, -0.25) is 9.78 Å². The Labute approximate surface area is 96.5 Å². The third-order valence-electron chi connectivity index (χ3n) is 2.28. The number of carbonyl (C=O) groups is 1. The van der Waals surface area contributed by atoms with E-state index in [1.54, 1.807) is 0 Å². The number of rotatable bonds is 5. The van der Waals surface area contributed by atoms with E-state index in [1.807, 2.05) is 39.0 Å². The van der Waals surface area contributed by atoms with Gasteiger partial charge >= 0.3 is 0 Å². The van der Waals surface area contributed by atoms with Crippen molar-refractivity contribution < 1.29 is 4.79 Å². The van der Waals surface area contributed by atoms with Crippen LogP contribution in [-0.2, 0) is 11.3 Å². The van der Waals surface area contributed by atoms with Crippen LogP contribution in [0.2, 0.25) is 0 Å². The summed E-state index contributed by atoms with van der Waals surface area (Å²) < 4.78 is 0. The van der Waals surface area contributed by atoms with Gasteiger partial charge < -0.3 is 10.6 Å². The number of hydrogen-bond acceptors (Lipinski definition) is 3. The second-order valence-electron chi connectivity index (χ2n) is 3.77. The Morgan fingerprint density at radius 2 is 2.25 bits per heavy atom. The summed E-state index contributed by atoms with van der Waals surface area (Å²) in [7, 11) is 0. The molecule has 0 bridgehead atoms. The zero-order chi connectivity index (χ0) is 12.0. The van der Waals surface area contributed by atoms with Crippen molar-refractivity contribution in [2.45, 2.75) is 33.4 Å². The zero-order valence-electron chi connectivity index (χ0n) is 10.1. The predicted octanol–water partition coefficient (Wildman–Crippen LogP) is 1.00. The topological polar surface area (TPSA) is 54.0 Å². The lowest BCUT2D eigenvalue weighted by Crippen LogP contribution is -2.41. The van der Waals surface area contributed by atoms with E-state index in [0.29, 0.717) is 13.1 Å². The van der Waals surface area contributed by atoms with Gasteiger partial charge in [0.15, 0.2) is 0 Å². The Morgan fingerprint density at radius 1 is 1.50 bits per heavy atom. The molecule has 0 fully saturated rings. The molecule has 0 saturated carbocycles. The van der Waals surface area contributed by atoms with E-state index >= 15 is 0 Å². The minimum Gasteiger partial charge on any atom is -0.355 e. The minimum absolute atomic E-state index is 0.0233. The summed E-state index contributed by atoms with van der Waals surface area (Å²) in [5.74, 6) is 0.0233. The van der Waals surface area contributed by atoms with Crippen LogP contribution in [0.3, 0.4) is 0 Å². The largest absolute Gasteiger partial charge is 0.355 e. The first-order chi connectivity index (χ1) is 7.63. The molecule has 0 saturated heterocycles. The molecule has 0 aliphatic carbocycles. The summed E-state index contributed by atoms with van der Waals surface area (Å²) in [6, 6.07) is 5.68. The molecule has 1 amide bonds. The fourth-order valence-corrected chi connectivity index (χ4v) is 1.38. The van der Waals surface area contributed by atoms with Crippen LogP contribution in [0.15, 0.2) is 18.2 Å². The highest BCUT2D eigenvalue weighted by atomic mass is 16.2. The van der Waals surface area contributed by atoms with Crippen molar-refractivity contribution in [1.82, 2.24) is 15.6 Å². The molecule has 2 N–H and O–H groups in total. The monoisotopic (exact) mass is 221 g/mol. The van der Waals surface area contributed by atoms with Gasteiger partial charge in [0.05, 0.1) is 11.7 Å². The van der Waals surface area contributed by atoms with Gasteiger partial charge in [-0.1, -0.05) is 6.07 Å². The second kappa shape index (κ2) is 6.23. The third kappa shape index (κ3) is 3.98. The number of nitrogens with zero attached hydrogens (tertiary/aromatic N) is 1. The molecule has 1 heterocycles. The fourth-order valence-electron chi connectivity index (χ4n) is 1.38. The number of amides is 1. The normalized spacial score (nSPS) is 12.2. The minimum atomic E-state index is -0.192. The molecule has 1 unspecified atom stereocenters. The smallest absolute Gasteiger partial charge is 0.236 e. The lowest BCUT2D eigenvalue weighted by atomic mass is 10.2. The number of pyridine rings is 1. The number of aromatic nitrogens is 1. The Balaban J connectivity index is 2.42. The number of likely N-dealkylation sites (N-methyl/N-ethyl adjacent to an activating group) is 1. The Hall–Kier alpha value is -1.42. The molecule has 1 aromatic heterocycles. The van der Waals surface area contributed by atoms with E-state index in [1.165, 1.54) is 0 Å². The molecular weight excluding hydrogens is 202 g/mol. The summed E-state index contributed by atoms with van der Waals surface area (Å²) in [5.41, 5.74) is 1.95. The van der Waals surface area contributed by atoms with Crippen molar-refractivity contribution in [2.75, 3.05) is 6.54 Å². The van der Waals surface area contributed by atoms with Crippen LogP contribution in [0.25, 0.3) is 0 Å². The third-order valence-corrected chi connectivity index (χ3v) is 2.28. The molecule has 0 aliphatic heterocycles. The molecule has 16 heavy (non-hydrogen) atoms. The Morgan fingerprint density at radius 3 is 2.88 bits per heavy atom. The van der Waals surface area contributed by atoms with Crippen molar-refractivity contribution in [3.63, 3.8) is 0 Å². The summed E-state index contributed by atoms with van der Waals surface area (Å²) in [5, 5.41) is 5.91. The number of hydrogen-bond donors (Lipinski definition) is 2. The average molecular weight is 221 g/mol. The molecule has 0 radical (unpaired) electrons. The van der Waals surface area contributed by atoms with Crippen molar-refractivity contribution in [1.29, 1.82) is 0 Å². The van der Waals surface area contributed by atoms with Crippen molar-refractivity contribution in [3.05, 3.63) is 29.6 Å². The van der Waals surface area contributed by atoms with Gasteiger partial charge in [0.1, 0.15) is 0 Å². The summed E-state index contributed by atoms with van der Waals surface area (Å²) in [4.78, 5) is 15.8. The van der Waals surface area contributed by atoms with Crippen LogP contribution in [0.5, 0.6) is 0 Å². The lowest BCUT2D eigenvalue weighted by molar-refractivity contribution is -0.122. The first-order valence-corrected chi connectivity index (χ1v) is 5.57. The van der Waals surface area contributed by atoms with Crippen molar-refractivity contribution >= 4 is 5.91 Å². The SMILES string of the molecule is CCNC(=O)C(C)NCc1cccc(C)n1. The first-order valence-electron chi connectivity index (χ1n) is 5.57. The van der Waals surface area contributed by atoms with Gasteiger partial charge in [-0.15, -0.1) is 0 Å². The molecule has 0 spiro atoms. The van der Waals surface area contributed by atoms with Gasteiger partial charge in [0, 0.05) is 18.8 Å². The number of aryl methyl sites for hydroxylation is 1. The maximum atomic E-state index is 11.4. The molecule has 1 rings (SSSR count). The zero-order valence-corrected chi connectivity index (χ0v) is 10.1. The van der Waals surface area contributed by atoms with Gasteiger partial charge in [0.2, 0.25) is 5.91 Å². The van der Waals surface area contributed by atoms with Crippen LogP contribution in [0.4, 0.5) is 0 Å². The van der Waals surface area contributed by atoms with Crippen LogP contribution in [0, 0.1) is 6.92 Å². The average Bonchev–Trinajstić information content (AvgIpc) is 2.26. The van der Waals surface area contributed by atoms with E-state index in [-0.39, 0.29) is 11.9 Å². The second-order valence-corrected chi connectivity index (χ2v) is 3.77. The van der Waals surface area contributed by atoms with Crippen molar-refractivity contribution in [3.8, 4) is 0 Å². The molecule has 0 aromatic carbocycles. The van der Waals surface area contributed by atoms with Crippen LogP contribution >= 0.6 is 0 Å². The van der Waals surface area contributed by atoms with Crippen LogP contribution < -0.4 is 10.6 Å². The maximum absolute atomic E-state index is 11.4. The van der Waals surface area contributed by atoms with Crippen LogP contribution in [-0.4, -0.2) is 23.5 Å². The molecule has 88 valence electrons. The quantitative estimate of drug-likeness (QED) is 0.780. The molecule has 1 aromatic rings. The van der Waals surface area contributed by atoms with E-state index < -0.39 is 0 Å². The molecule has 0 aliphatic rings. The summed E-state index contributed by atoms with van der Waals surface area (Å²) in [6.07, 6.45) is 0. The molecule has 4 nitrogen and oxygen atoms in total. The molecule has 4 heteroatoms. The Kier molecular flexibility index (Phi) is 4.92. The first kappa shape index (κ1) is 12.6. The molecule has 1 atom stereocenters. The summed E-state index contributed by atoms with van der Waals surface area (Å²) in [6.45, 7) is 6.98. The number of carbonyl (C=O) groups excluding carboxylic acids is 1. The standard InChI is InChI=1S/C12H19N3O/c1-4-13-12(16)10(3)14-8-11-7-5-6-9(2)15-11/h5-7,10,14H,4,8H2,1-3H3,(H,13,16). The molecular formula is C12H19N3O. The van der Waals surface area contributed by atoms with E-state index in [9.17, 15) is 4.79 Å². The van der Waals surface area contributed by atoms with E-state index in [2.05, 4.69) is 15.6 Å². The van der Waals surface area contributed by atoms with E-state index in [0.717, 1.165) is 11.4 Å². The van der Waals surface area contributed by atoms with Gasteiger partial charge in [0.25, 0.3) is 0 Å². The van der Waals surface area contributed by atoms with Crippen LogP contribution in [0.1, 0.15) is 25.2 Å². The lowest BCUT2D eigenvalue weighted by Gasteiger charge is -2.12.